The van der Waals surface area contributed by atoms with Crippen LogP contribution in [0.1, 0.15) is 71.1 Å². The van der Waals surface area contributed by atoms with E-state index in [0.717, 1.165) is 12.8 Å². The SMILES string of the molecule is CCCCCCCCCCCC[SH]=P(O)(O)O. The fourth-order valence-electron chi connectivity index (χ4n) is 1.80. The van der Waals surface area contributed by atoms with Gasteiger partial charge < -0.3 is 14.7 Å². The van der Waals surface area contributed by atoms with E-state index in [1.54, 1.807) is 0 Å². The first-order valence-corrected chi connectivity index (χ1v) is 10.3. The molecule has 0 bridgehead atoms. The van der Waals surface area contributed by atoms with Crippen LogP contribution >= 0.6 is 6.72 Å². The van der Waals surface area contributed by atoms with Gasteiger partial charge in [0.1, 0.15) is 0 Å². The summed E-state index contributed by atoms with van der Waals surface area (Å²) < 4.78 is 0. The van der Waals surface area contributed by atoms with Gasteiger partial charge in [-0.25, -0.2) is 0 Å². The third-order valence-electron chi connectivity index (χ3n) is 2.80. The van der Waals surface area contributed by atoms with E-state index in [9.17, 15) is 0 Å². The van der Waals surface area contributed by atoms with Gasteiger partial charge in [0.05, 0.1) is 0 Å². The van der Waals surface area contributed by atoms with Gasteiger partial charge in [-0.05, 0) is 12.2 Å². The van der Waals surface area contributed by atoms with Gasteiger partial charge in [-0.3, -0.25) is 0 Å². The fraction of sp³-hybridized carbons (Fsp3) is 1.00. The quantitative estimate of drug-likeness (QED) is 0.267. The lowest BCUT2D eigenvalue weighted by molar-refractivity contribution is 0.363. The predicted octanol–water partition coefficient (Wildman–Crippen LogP) is 3.38. The van der Waals surface area contributed by atoms with E-state index in [1.807, 2.05) is 0 Å². The van der Waals surface area contributed by atoms with Crippen LogP contribution in [0.5, 0.6) is 0 Å². The zero-order valence-corrected chi connectivity index (χ0v) is 12.8. The highest BCUT2D eigenvalue weighted by atomic mass is 32.5. The van der Waals surface area contributed by atoms with Gasteiger partial charge >= 0.3 is 0 Å². The number of unbranched alkanes of at least 4 members (excludes halogenated alkanes) is 9. The smallest absolute Gasteiger partial charge is 0.274 e. The van der Waals surface area contributed by atoms with E-state index in [4.69, 9.17) is 14.7 Å². The van der Waals surface area contributed by atoms with Gasteiger partial charge in [0, 0.05) is 0 Å². The third kappa shape index (κ3) is 16.7. The summed E-state index contributed by atoms with van der Waals surface area (Å²) in [5, 5.41) is 0. The van der Waals surface area contributed by atoms with Crippen molar-refractivity contribution in [1.82, 2.24) is 0 Å². The fourth-order valence-corrected chi connectivity index (χ4v) is 3.67. The zero-order valence-electron chi connectivity index (χ0n) is 11.0. The highest BCUT2D eigenvalue weighted by Crippen LogP contribution is 2.31. The molecule has 0 aromatic rings. The molecule has 17 heavy (non-hydrogen) atoms. The molecule has 0 spiro atoms. The van der Waals surface area contributed by atoms with Crippen molar-refractivity contribution in [1.29, 1.82) is 0 Å². The van der Waals surface area contributed by atoms with Gasteiger partial charge in [0.2, 0.25) is 0 Å². The lowest BCUT2D eigenvalue weighted by atomic mass is 10.1. The lowest BCUT2D eigenvalue weighted by Gasteiger charge is -2.03. The van der Waals surface area contributed by atoms with E-state index in [-0.39, 0.29) is 0 Å². The summed E-state index contributed by atoms with van der Waals surface area (Å²) in [6.07, 6.45) is 12.8. The number of thiol groups is 1. The molecule has 0 heterocycles. The van der Waals surface area contributed by atoms with E-state index >= 15 is 0 Å². The van der Waals surface area contributed by atoms with Crippen LogP contribution < -0.4 is 0 Å². The van der Waals surface area contributed by atoms with E-state index in [1.165, 1.54) is 51.4 Å². The van der Waals surface area contributed by atoms with Gasteiger partial charge in [-0.1, -0.05) is 64.7 Å². The number of rotatable bonds is 11. The molecular weight excluding hydrogens is 255 g/mol. The van der Waals surface area contributed by atoms with Crippen molar-refractivity contribution >= 4 is 17.7 Å². The van der Waals surface area contributed by atoms with Crippen LogP contribution in [-0.2, 0) is 10.9 Å². The molecule has 5 heteroatoms. The minimum Gasteiger partial charge on any atom is -0.329 e. The van der Waals surface area contributed by atoms with Gasteiger partial charge in [-0.15, -0.1) is 10.9 Å². The minimum atomic E-state index is -3.52. The first kappa shape index (κ1) is 17.7. The molecule has 0 radical (unpaired) electrons. The van der Waals surface area contributed by atoms with E-state index in [2.05, 4.69) is 6.92 Å². The maximum atomic E-state index is 8.77. The summed E-state index contributed by atoms with van der Waals surface area (Å²) in [6.45, 7) is -1.28. The Balaban J connectivity index is 3.09. The monoisotopic (exact) mass is 284 g/mol. The topological polar surface area (TPSA) is 60.7 Å². The van der Waals surface area contributed by atoms with Crippen molar-refractivity contribution in [2.24, 2.45) is 0 Å². The average molecular weight is 284 g/mol. The molecule has 3 N–H and O–H groups in total. The summed E-state index contributed by atoms with van der Waals surface area (Å²) in [4.78, 5) is 26.3. The molecule has 0 aliphatic heterocycles. The molecule has 3 nitrogen and oxygen atoms in total. The van der Waals surface area contributed by atoms with E-state index < -0.39 is 6.72 Å². The molecule has 0 unspecified atom stereocenters. The predicted molar refractivity (Wildman–Crippen MR) is 79.0 cm³/mol. The summed E-state index contributed by atoms with van der Waals surface area (Å²) in [7, 11) is 0.410. The molecule has 0 aromatic carbocycles. The molecule has 0 aliphatic carbocycles. The zero-order chi connectivity index (χ0) is 13.0. The summed E-state index contributed by atoms with van der Waals surface area (Å²) in [5.74, 6) is 0.702. The Hall–Kier alpha value is 0.660. The van der Waals surface area contributed by atoms with Crippen LogP contribution in [0, 0.1) is 0 Å². The normalized spacial score (nSPS) is 12.0. The minimum absolute atomic E-state index is 0.410. The summed E-state index contributed by atoms with van der Waals surface area (Å²) in [6, 6.07) is 0. The second-order valence-corrected chi connectivity index (χ2v) is 8.85. The van der Waals surface area contributed by atoms with Crippen LogP contribution in [0.4, 0.5) is 0 Å². The second kappa shape index (κ2) is 11.7. The molecule has 0 amide bonds. The van der Waals surface area contributed by atoms with Crippen molar-refractivity contribution < 1.29 is 14.7 Å². The maximum absolute atomic E-state index is 8.77. The number of hydrogen-bond acceptors (Lipinski definition) is 0. The molecule has 106 valence electrons. The standard InChI is InChI=1S/C12H29O3PS/c1-2-3-4-5-6-7-8-9-10-11-12-17-16(13,14)15/h13-15,17H,2-12H2,1H3. The maximum Gasteiger partial charge on any atom is 0.274 e. The molecule has 0 atom stereocenters. The molecule has 0 fully saturated rings. The largest absolute Gasteiger partial charge is 0.329 e. The first-order chi connectivity index (χ1) is 8.06. The molecule has 0 saturated heterocycles. The van der Waals surface area contributed by atoms with Crippen LogP contribution in [0.25, 0.3) is 0 Å². The highest BCUT2D eigenvalue weighted by molar-refractivity contribution is 8.16. The highest BCUT2D eigenvalue weighted by Gasteiger charge is 1.99. The van der Waals surface area contributed by atoms with Crippen molar-refractivity contribution in [2.75, 3.05) is 5.75 Å². The van der Waals surface area contributed by atoms with Crippen LogP contribution in [0.15, 0.2) is 0 Å². The third-order valence-corrected chi connectivity index (χ3v) is 5.44. The Morgan fingerprint density at radius 3 is 1.53 bits per heavy atom. The second-order valence-electron chi connectivity index (χ2n) is 4.58. The van der Waals surface area contributed by atoms with Crippen LogP contribution in [-0.4, -0.2) is 20.4 Å². The molecule has 0 aliphatic rings. The summed E-state index contributed by atoms with van der Waals surface area (Å²) in [5.41, 5.74) is 0. The molecule has 0 aromatic heterocycles. The average Bonchev–Trinajstić information content (AvgIpc) is 2.24. The van der Waals surface area contributed by atoms with Gasteiger partial charge in [-0.2, -0.15) is 0 Å². The van der Waals surface area contributed by atoms with Crippen molar-refractivity contribution in [3.05, 3.63) is 0 Å². The van der Waals surface area contributed by atoms with Crippen molar-refractivity contribution in [3.63, 3.8) is 0 Å². The molecular formula is C12H29O3PS. The Bertz CT molecular complexity index is 208. The Morgan fingerprint density at radius 2 is 1.12 bits per heavy atom. The first-order valence-electron chi connectivity index (χ1n) is 6.82. The van der Waals surface area contributed by atoms with Crippen molar-refractivity contribution in [2.45, 2.75) is 71.1 Å². The Kier molecular flexibility index (Phi) is 12.2. The molecule has 0 saturated carbocycles. The van der Waals surface area contributed by atoms with Gasteiger partial charge in [0.15, 0.2) is 0 Å². The lowest BCUT2D eigenvalue weighted by Crippen LogP contribution is -1.87. The number of hydrogen-bond donors (Lipinski definition) is 4. The van der Waals surface area contributed by atoms with Crippen molar-refractivity contribution in [3.8, 4) is 0 Å². The van der Waals surface area contributed by atoms with Crippen LogP contribution in [0.3, 0.4) is 0 Å². The Morgan fingerprint density at radius 1 is 0.706 bits per heavy atom. The van der Waals surface area contributed by atoms with E-state index in [0.29, 0.717) is 16.7 Å². The van der Waals surface area contributed by atoms with Crippen LogP contribution in [0.2, 0.25) is 0 Å². The summed E-state index contributed by atoms with van der Waals surface area (Å²) >= 11 is 0. The molecule has 0 rings (SSSR count). The Labute approximate surface area is 109 Å². The van der Waals surface area contributed by atoms with Gasteiger partial charge in [0.25, 0.3) is 6.72 Å².